The second kappa shape index (κ2) is 4.00. The molecule has 0 aromatic heterocycles. The number of aliphatic carboxylic acids is 1. The molecule has 1 aromatic rings. The number of nitro groups is 1. The topological polar surface area (TPSA) is 80.4 Å². The summed E-state index contributed by atoms with van der Waals surface area (Å²) in [7, 11) is 0. The summed E-state index contributed by atoms with van der Waals surface area (Å²) in [6.45, 7) is 0. The fraction of sp³-hybridized carbons (Fsp3) is 0.125. The second-order valence-electron chi connectivity index (χ2n) is 2.92. The highest BCUT2D eigenvalue weighted by Crippen LogP contribution is 2.36. The van der Waals surface area contributed by atoms with Crippen LogP contribution in [0.25, 0.3) is 0 Å². The van der Waals surface area contributed by atoms with Gasteiger partial charge in [0.15, 0.2) is 11.6 Å². The van der Waals surface area contributed by atoms with Gasteiger partial charge in [0.25, 0.3) is 5.69 Å². The maximum Gasteiger partial charge on any atom is 0.379 e. The van der Waals surface area contributed by atoms with Crippen molar-refractivity contribution in [1.29, 1.82) is 0 Å². The lowest BCUT2D eigenvalue weighted by atomic mass is 10.1. The van der Waals surface area contributed by atoms with E-state index in [0.717, 1.165) is 0 Å². The molecular weight excluding hydrogens is 250 g/mol. The van der Waals surface area contributed by atoms with Gasteiger partial charge >= 0.3 is 11.9 Å². The first-order valence-corrected chi connectivity index (χ1v) is 3.93. The van der Waals surface area contributed by atoms with Gasteiger partial charge in [-0.1, -0.05) is 0 Å². The molecule has 92 valence electrons. The Morgan fingerprint density at radius 1 is 1.29 bits per heavy atom. The molecule has 1 N–H and O–H groups in total. The van der Waals surface area contributed by atoms with Crippen molar-refractivity contribution < 1.29 is 32.4 Å². The van der Waals surface area contributed by atoms with Crippen LogP contribution in [-0.4, -0.2) is 16.0 Å². The summed E-state index contributed by atoms with van der Waals surface area (Å²) < 4.78 is 51.4. The summed E-state index contributed by atoms with van der Waals surface area (Å²) in [5.41, 5.74) is -3.22. The van der Waals surface area contributed by atoms with Crippen LogP contribution >= 0.6 is 0 Å². The van der Waals surface area contributed by atoms with E-state index in [-0.39, 0.29) is 12.1 Å². The molecule has 0 atom stereocenters. The molecule has 0 spiro atoms. The molecule has 1 aromatic carbocycles. The van der Waals surface area contributed by atoms with Crippen LogP contribution in [0.5, 0.6) is 0 Å². The lowest BCUT2D eigenvalue weighted by molar-refractivity contribution is -0.387. The zero-order valence-electron chi connectivity index (χ0n) is 7.79. The van der Waals surface area contributed by atoms with Crippen LogP contribution in [-0.2, 0) is 10.7 Å². The molecule has 0 bridgehead atoms. The molecule has 0 amide bonds. The monoisotopic (exact) mass is 253 g/mol. The third-order valence-corrected chi connectivity index (χ3v) is 1.84. The Morgan fingerprint density at radius 3 is 2.18 bits per heavy atom. The zero-order chi connectivity index (χ0) is 13.4. The van der Waals surface area contributed by atoms with E-state index >= 15 is 0 Å². The van der Waals surface area contributed by atoms with E-state index in [4.69, 9.17) is 5.11 Å². The van der Waals surface area contributed by atoms with Gasteiger partial charge in [0.05, 0.1) is 11.0 Å². The largest absolute Gasteiger partial charge is 0.477 e. The number of hydrogen-bond donors (Lipinski definition) is 1. The third-order valence-electron chi connectivity index (χ3n) is 1.84. The summed E-state index contributed by atoms with van der Waals surface area (Å²) in [6, 6.07) is -0.302. The highest BCUT2D eigenvalue weighted by molar-refractivity contribution is 5.79. The van der Waals surface area contributed by atoms with Gasteiger partial charge in [-0.05, 0) is 6.07 Å². The molecular formula is C8H3F4NO4. The van der Waals surface area contributed by atoms with Crippen molar-refractivity contribution in [3.8, 4) is 0 Å². The van der Waals surface area contributed by atoms with Crippen LogP contribution in [0.2, 0.25) is 0 Å². The standard InChI is InChI=1S/C8H3F4NO4/c9-4-1-3(8(11,12)7(14)15)6(13(16)17)2-5(4)10/h1-2H,(H,14,15). The predicted octanol–water partition coefficient (Wildman–Crippen LogP) is 2.05. The van der Waals surface area contributed by atoms with Crippen LogP contribution in [0.15, 0.2) is 12.1 Å². The van der Waals surface area contributed by atoms with Gasteiger partial charge in [-0.15, -0.1) is 0 Å². The van der Waals surface area contributed by atoms with Crippen LogP contribution in [0.1, 0.15) is 5.56 Å². The minimum absolute atomic E-state index is 0.0957. The smallest absolute Gasteiger partial charge is 0.379 e. The lowest BCUT2D eigenvalue weighted by Crippen LogP contribution is -2.26. The van der Waals surface area contributed by atoms with Crippen molar-refractivity contribution in [2.75, 3.05) is 0 Å². The van der Waals surface area contributed by atoms with E-state index in [1.807, 2.05) is 0 Å². The Balaban J connectivity index is 3.57. The minimum Gasteiger partial charge on any atom is -0.477 e. The van der Waals surface area contributed by atoms with Gasteiger partial charge in [0.1, 0.15) is 5.56 Å². The molecule has 0 radical (unpaired) electrons. The highest BCUT2D eigenvalue weighted by atomic mass is 19.3. The SMILES string of the molecule is O=C(O)C(F)(F)c1cc(F)c(F)cc1[N+](=O)[O-]. The van der Waals surface area contributed by atoms with Crippen LogP contribution in [0, 0.1) is 21.7 Å². The van der Waals surface area contributed by atoms with E-state index in [9.17, 15) is 32.5 Å². The molecule has 0 saturated carbocycles. The number of halogens is 4. The molecule has 0 fully saturated rings. The van der Waals surface area contributed by atoms with E-state index in [1.165, 1.54) is 0 Å². The molecule has 0 aliphatic heterocycles. The van der Waals surface area contributed by atoms with E-state index in [1.54, 1.807) is 0 Å². The number of nitrogens with zero attached hydrogens (tertiary/aromatic N) is 1. The van der Waals surface area contributed by atoms with Crippen molar-refractivity contribution in [3.05, 3.63) is 39.4 Å². The fourth-order valence-corrected chi connectivity index (χ4v) is 1.05. The Labute approximate surface area is 90.4 Å². The first-order chi connectivity index (χ1) is 7.67. The van der Waals surface area contributed by atoms with Crippen LogP contribution in [0.4, 0.5) is 23.2 Å². The van der Waals surface area contributed by atoms with E-state index in [0.29, 0.717) is 0 Å². The molecule has 5 nitrogen and oxygen atoms in total. The molecule has 0 unspecified atom stereocenters. The minimum atomic E-state index is -4.68. The van der Waals surface area contributed by atoms with Crippen molar-refractivity contribution in [2.24, 2.45) is 0 Å². The number of carboxylic acid groups (broad SMARTS) is 1. The maximum absolute atomic E-state index is 13.0. The number of benzene rings is 1. The van der Waals surface area contributed by atoms with Gasteiger partial charge < -0.3 is 5.11 Å². The van der Waals surface area contributed by atoms with Crippen molar-refractivity contribution in [2.45, 2.75) is 5.92 Å². The van der Waals surface area contributed by atoms with Gasteiger partial charge in [0, 0.05) is 0 Å². The normalized spacial score (nSPS) is 11.3. The van der Waals surface area contributed by atoms with Gasteiger partial charge in [-0.25, -0.2) is 13.6 Å². The summed E-state index contributed by atoms with van der Waals surface area (Å²) >= 11 is 0. The predicted molar refractivity (Wildman–Crippen MR) is 44.5 cm³/mol. The maximum atomic E-state index is 13.0. The number of hydrogen-bond acceptors (Lipinski definition) is 3. The molecule has 0 heterocycles. The summed E-state index contributed by atoms with van der Waals surface area (Å²) in [5, 5.41) is 18.5. The first-order valence-electron chi connectivity index (χ1n) is 3.93. The summed E-state index contributed by atoms with van der Waals surface area (Å²) in [5.74, 6) is -10.9. The fourth-order valence-electron chi connectivity index (χ4n) is 1.05. The number of carbonyl (C=O) groups is 1. The quantitative estimate of drug-likeness (QED) is 0.507. The number of carboxylic acids is 1. The first kappa shape index (κ1) is 12.9. The molecule has 0 aliphatic carbocycles. The Hall–Kier alpha value is -2.19. The van der Waals surface area contributed by atoms with Crippen molar-refractivity contribution in [3.63, 3.8) is 0 Å². The Kier molecular flexibility index (Phi) is 3.03. The Bertz CT molecular complexity index is 503. The van der Waals surface area contributed by atoms with Gasteiger partial charge in [-0.2, -0.15) is 8.78 Å². The van der Waals surface area contributed by atoms with Gasteiger partial charge in [-0.3, -0.25) is 10.1 Å². The average molecular weight is 253 g/mol. The molecule has 9 heteroatoms. The number of rotatable bonds is 3. The lowest BCUT2D eigenvalue weighted by Gasteiger charge is -2.11. The zero-order valence-corrected chi connectivity index (χ0v) is 7.79. The van der Waals surface area contributed by atoms with Gasteiger partial charge in [0.2, 0.25) is 0 Å². The van der Waals surface area contributed by atoms with Crippen LogP contribution in [0.3, 0.4) is 0 Å². The Morgan fingerprint density at radius 2 is 1.76 bits per heavy atom. The number of alkyl halides is 2. The molecule has 17 heavy (non-hydrogen) atoms. The van der Waals surface area contributed by atoms with E-state index in [2.05, 4.69) is 0 Å². The summed E-state index contributed by atoms with van der Waals surface area (Å²) in [4.78, 5) is 19.1. The van der Waals surface area contributed by atoms with Crippen molar-refractivity contribution in [1.82, 2.24) is 0 Å². The van der Waals surface area contributed by atoms with E-state index < -0.39 is 39.7 Å². The average Bonchev–Trinajstić information content (AvgIpc) is 2.20. The molecule has 0 aliphatic rings. The number of nitro benzene ring substituents is 1. The molecule has 1 rings (SSSR count). The summed E-state index contributed by atoms with van der Waals surface area (Å²) in [6.07, 6.45) is 0. The highest BCUT2D eigenvalue weighted by Gasteiger charge is 2.47. The second-order valence-corrected chi connectivity index (χ2v) is 2.92. The third kappa shape index (κ3) is 2.17. The van der Waals surface area contributed by atoms with Crippen molar-refractivity contribution >= 4 is 11.7 Å². The molecule has 0 saturated heterocycles. The van der Waals surface area contributed by atoms with Crippen LogP contribution < -0.4 is 0 Å².